The summed E-state index contributed by atoms with van der Waals surface area (Å²) in [6, 6.07) is -0.572. The maximum absolute atomic E-state index is 11.7. The molecule has 0 aromatic heterocycles. The predicted molar refractivity (Wildman–Crippen MR) is 75.2 cm³/mol. The molecule has 0 radical (unpaired) electrons. The minimum Gasteiger partial charge on any atom is -0.467 e. The highest BCUT2D eigenvalue weighted by atomic mass is 28.4. The van der Waals surface area contributed by atoms with Crippen molar-refractivity contribution < 1.29 is 18.8 Å². The molecule has 1 amide bonds. The molecule has 0 spiro atoms. The van der Waals surface area contributed by atoms with E-state index in [1.54, 1.807) is 0 Å². The number of amides is 1. The Kier molecular flexibility index (Phi) is 4.46. The van der Waals surface area contributed by atoms with Gasteiger partial charge in [0, 0.05) is 0 Å². The van der Waals surface area contributed by atoms with E-state index >= 15 is 0 Å². The Balaban J connectivity index is 2.75. The molecular formula is C13H25NO4Si. The normalized spacial score (nSPS) is 25.3. The van der Waals surface area contributed by atoms with Crippen LogP contribution in [0.4, 0.5) is 0 Å². The first kappa shape index (κ1) is 16.2. The van der Waals surface area contributed by atoms with E-state index in [1.165, 1.54) is 7.11 Å². The highest BCUT2D eigenvalue weighted by Crippen LogP contribution is 2.39. The van der Waals surface area contributed by atoms with Gasteiger partial charge in [-0.25, -0.2) is 4.79 Å². The van der Waals surface area contributed by atoms with E-state index in [0.29, 0.717) is 0 Å². The van der Waals surface area contributed by atoms with Crippen molar-refractivity contribution in [1.82, 2.24) is 5.32 Å². The molecular weight excluding hydrogens is 262 g/mol. The van der Waals surface area contributed by atoms with Gasteiger partial charge < -0.3 is 14.5 Å². The van der Waals surface area contributed by atoms with Gasteiger partial charge in [-0.3, -0.25) is 4.79 Å². The van der Waals surface area contributed by atoms with Gasteiger partial charge in [0.15, 0.2) is 8.32 Å². The average Bonchev–Trinajstić information content (AvgIpc) is 2.22. The molecule has 0 bridgehead atoms. The summed E-state index contributed by atoms with van der Waals surface area (Å²) < 4.78 is 10.9. The Labute approximate surface area is 116 Å². The molecule has 1 N–H and O–H groups in total. The number of methoxy groups -OCH3 is 1. The summed E-state index contributed by atoms with van der Waals surface area (Å²) in [6.07, 6.45) is -0.279. The van der Waals surface area contributed by atoms with E-state index in [1.807, 2.05) is 6.92 Å². The number of esters is 1. The Bertz CT molecular complexity index is 375. The second-order valence-corrected chi connectivity index (χ2v) is 11.4. The van der Waals surface area contributed by atoms with Gasteiger partial charge in [0.25, 0.3) is 0 Å². The third-order valence-corrected chi connectivity index (χ3v) is 8.78. The molecule has 19 heavy (non-hydrogen) atoms. The average molecular weight is 287 g/mol. The number of hydrogen-bond acceptors (Lipinski definition) is 4. The Morgan fingerprint density at radius 1 is 1.37 bits per heavy atom. The largest absolute Gasteiger partial charge is 0.467 e. The number of rotatable bonds is 4. The van der Waals surface area contributed by atoms with Crippen LogP contribution in [0, 0.1) is 5.92 Å². The summed E-state index contributed by atoms with van der Waals surface area (Å²) in [5.41, 5.74) is 0. The standard InChI is InChI=1S/C13H25NO4Si/c1-8(18-19(6,7)13(2,3)4)9-10(12(16)17-5)14-11(9)15/h8-10H,1-7H3,(H,14,15)/t8-,9-,10-/m1/s1. The Hall–Kier alpha value is -0.883. The highest BCUT2D eigenvalue weighted by Gasteiger charge is 2.50. The lowest BCUT2D eigenvalue weighted by molar-refractivity contribution is -0.159. The smallest absolute Gasteiger partial charge is 0.329 e. The number of hydrogen-bond donors (Lipinski definition) is 1. The minimum atomic E-state index is -1.95. The van der Waals surface area contributed by atoms with E-state index in [4.69, 9.17) is 4.43 Å². The van der Waals surface area contributed by atoms with Gasteiger partial charge in [0.2, 0.25) is 5.91 Å². The van der Waals surface area contributed by atoms with Crippen molar-refractivity contribution in [3.05, 3.63) is 0 Å². The van der Waals surface area contributed by atoms with Crippen LogP contribution in [0.15, 0.2) is 0 Å². The number of nitrogens with one attached hydrogen (secondary N) is 1. The Morgan fingerprint density at radius 2 is 1.89 bits per heavy atom. The molecule has 1 rings (SSSR count). The molecule has 1 aliphatic rings. The van der Waals surface area contributed by atoms with Crippen molar-refractivity contribution in [2.75, 3.05) is 7.11 Å². The molecule has 110 valence electrons. The quantitative estimate of drug-likeness (QED) is 0.485. The molecule has 0 aliphatic carbocycles. The van der Waals surface area contributed by atoms with E-state index < -0.39 is 26.2 Å². The maximum Gasteiger partial charge on any atom is 0.329 e. The van der Waals surface area contributed by atoms with Crippen molar-refractivity contribution in [2.45, 2.75) is 58.0 Å². The van der Waals surface area contributed by atoms with Crippen molar-refractivity contribution in [3.63, 3.8) is 0 Å². The number of ether oxygens (including phenoxy) is 1. The van der Waals surface area contributed by atoms with E-state index in [-0.39, 0.29) is 17.0 Å². The summed E-state index contributed by atoms with van der Waals surface area (Å²) in [4.78, 5) is 23.2. The lowest BCUT2D eigenvalue weighted by Crippen LogP contribution is -2.66. The van der Waals surface area contributed by atoms with Crippen LogP contribution in [0.2, 0.25) is 18.1 Å². The summed E-state index contributed by atoms with van der Waals surface area (Å²) >= 11 is 0. The second kappa shape index (κ2) is 5.24. The molecule has 0 unspecified atom stereocenters. The zero-order valence-electron chi connectivity index (χ0n) is 12.9. The summed E-state index contributed by atoms with van der Waals surface area (Å²) in [7, 11) is -0.627. The van der Waals surface area contributed by atoms with Crippen LogP contribution in [0.3, 0.4) is 0 Å². The minimum absolute atomic E-state index is 0.0717. The SMILES string of the molecule is COC(=O)[C@@H]1NC(=O)[C@@H]1[C@@H](C)O[Si](C)(C)C(C)(C)C. The van der Waals surface area contributed by atoms with Crippen molar-refractivity contribution in [1.29, 1.82) is 0 Å². The fourth-order valence-electron chi connectivity index (χ4n) is 1.93. The molecule has 6 heteroatoms. The third-order valence-electron chi connectivity index (χ3n) is 4.21. The highest BCUT2D eigenvalue weighted by molar-refractivity contribution is 6.74. The number of carbonyl (C=O) groups is 2. The summed E-state index contributed by atoms with van der Waals surface area (Å²) in [6.45, 7) is 12.6. The third kappa shape index (κ3) is 3.17. The summed E-state index contributed by atoms with van der Waals surface area (Å²) in [5, 5.41) is 2.64. The molecule has 0 saturated carbocycles. The van der Waals surface area contributed by atoms with Crippen LogP contribution in [0.5, 0.6) is 0 Å². The fraction of sp³-hybridized carbons (Fsp3) is 0.846. The first-order chi connectivity index (χ1) is 8.51. The van der Waals surface area contributed by atoms with Gasteiger partial charge in [-0.05, 0) is 25.1 Å². The van der Waals surface area contributed by atoms with Crippen LogP contribution in [-0.2, 0) is 18.8 Å². The molecule has 1 saturated heterocycles. The van der Waals surface area contributed by atoms with E-state index in [2.05, 4.69) is 43.9 Å². The van der Waals surface area contributed by atoms with Crippen molar-refractivity contribution in [3.8, 4) is 0 Å². The molecule has 1 aliphatic heterocycles. The first-order valence-electron chi connectivity index (χ1n) is 6.57. The first-order valence-corrected chi connectivity index (χ1v) is 9.48. The monoisotopic (exact) mass is 287 g/mol. The molecule has 5 nitrogen and oxygen atoms in total. The zero-order chi connectivity index (χ0) is 15.0. The Morgan fingerprint density at radius 3 is 2.26 bits per heavy atom. The van der Waals surface area contributed by atoms with Gasteiger partial charge in [-0.1, -0.05) is 20.8 Å². The van der Waals surface area contributed by atoms with Crippen LogP contribution in [0.25, 0.3) is 0 Å². The lowest BCUT2D eigenvalue weighted by atomic mass is 9.86. The number of β-lactam (4-membered cyclic amide) rings is 1. The van der Waals surface area contributed by atoms with Crippen LogP contribution < -0.4 is 5.32 Å². The molecule has 0 aromatic rings. The topological polar surface area (TPSA) is 64.6 Å². The van der Waals surface area contributed by atoms with Gasteiger partial charge in [0.05, 0.1) is 19.1 Å². The van der Waals surface area contributed by atoms with E-state index in [0.717, 1.165) is 0 Å². The van der Waals surface area contributed by atoms with Gasteiger partial charge in [-0.2, -0.15) is 0 Å². The van der Waals surface area contributed by atoms with Gasteiger partial charge >= 0.3 is 5.97 Å². The maximum atomic E-state index is 11.7. The van der Waals surface area contributed by atoms with Crippen molar-refractivity contribution >= 4 is 20.2 Å². The molecule has 0 aromatic carbocycles. The predicted octanol–water partition coefficient (Wildman–Crippen LogP) is 1.68. The molecule has 1 heterocycles. The van der Waals surface area contributed by atoms with Crippen LogP contribution >= 0.6 is 0 Å². The van der Waals surface area contributed by atoms with Gasteiger partial charge in [-0.15, -0.1) is 0 Å². The van der Waals surface area contributed by atoms with Crippen LogP contribution in [-0.4, -0.2) is 39.4 Å². The molecule has 1 fully saturated rings. The van der Waals surface area contributed by atoms with Crippen molar-refractivity contribution in [2.24, 2.45) is 5.92 Å². The second-order valence-electron chi connectivity index (χ2n) is 6.62. The van der Waals surface area contributed by atoms with Crippen LogP contribution in [0.1, 0.15) is 27.7 Å². The van der Waals surface area contributed by atoms with Gasteiger partial charge in [0.1, 0.15) is 6.04 Å². The fourth-order valence-corrected chi connectivity index (χ4v) is 3.36. The number of carbonyl (C=O) groups excluding carboxylic acids is 2. The van der Waals surface area contributed by atoms with E-state index in [9.17, 15) is 9.59 Å². The molecule has 3 atom stereocenters. The zero-order valence-corrected chi connectivity index (χ0v) is 13.9. The summed E-state index contributed by atoms with van der Waals surface area (Å²) in [5.74, 6) is -0.988. The lowest BCUT2D eigenvalue weighted by Gasteiger charge is -2.44.